The quantitative estimate of drug-likeness (QED) is 0.619. The van der Waals surface area contributed by atoms with Gasteiger partial charge in [-0.15, -0.1) is 24.8 Å². The zero-order valence-corrected chi connectivity index (χ0v) is 14.8. The van der Waals surface area contributed by atoms with Gasteiger partial charge in [-0.05, 0) is 0 Å². The van der Waals surface area contributed by atoms with Gasteiger partial charge in [0.15, 0.2) is 0 Å². The Bertz CT molecular complexity index is 447. The molecule has 0 radical (unpaired) electrons. The molecule has 0 bridgehead atoms. The third kappa shape index (κ3) is 3.57. The van der Waals surface area contributed by atoms with Gasteiger partial charge >= 0.3 is 105 Å². The number of rotatable bonds is 2. The first-order valence-corrected chi connectivity index (χ1v) is 8.59. The monoisotopic (exact) mass is 320 g/mol. The summed E-state index contributed by atoms with van der Waals surface area (Å²) in [6.45, 7) is 8.99. The molecule has 0 aromatic heterocycles. The number of halogens is 2. The van der Waals surface area contributed by atoms with Crippen LogP contribution in [-0.2, 0) is 17.4 Å². The molecule has 0 aromatic carbocycles. The standard InChI is InChI=1S/2C7H9.CH2.2ClH.Ti/c2*1-6-3-4-7(2)5-6;;;;/h2*5H,3H2,1-2H3;1H2;2*1H;. The summed E-state index contributed by atoms with van der Waals surface area (Å²) in [7, 11) is 0. The summed E-state index contributed by atoms with van der Waals surface area (Å²) >= 11 is -1.39. The van der Waals surface area contributed by atoms with Crippen LogP contribution in [0.4, 0.5) is 0 Å². The van der Waals surface area contributed by atoms with Crippen molar-refractivity contribution in [3.05, 3.63) is 42.2 Å². The molecule has 2 aliphatic carbocycles. The molecule has 100 valence electrons. The van der Waals surface area contributed by atoms with E-state index < -0.39 is 17.4 Å². The molecular formula is C15H22Cl2Ti. The van der Waals surface area contributed by atoms with E-state index in [1.165, 1.54) is 35.1 Å². The predicted octanol–water partition coefficient (Wildman–Crippen LogP) is 5.13. The van der Waals surface area contributed by atoms with Gasteiger partial charge in [-0.3, -0.25) is 0 Å². The topological polar surface area (TPSA) is 0 Å². The Balaban J connectivity index is 0.00000144. The Morgan fingerprint density at radius 2 is 1.17 bits per heavy atom. The normalized spacial score (nSPS) is 18.2. The van der Waals surface area contributed by atoms with Crippen molar-refractivity contribution in [2.24, 2.45) is 0 Å². The van der Waals surface area contributed by atoms with Crippen LogP contribution in [0.1, 0.15) is 40.5 Å². The molecule has 2 rings (SSSR count). The molecule has 0 atom stereocenters. The van der Waals surface area contributed by atoms with Crippen molar-refractivity contribution < 1.29 is 17.4 Å². The van der Waals surface area contributed by atoms with Crippen LogP contribution >= 0.6 is 24.8 Å². The summed E-state index contributed by atoms with van der Waals surface area (Å²) in [6, 6.07) is 0. The van der Waals surface area contributed by atoms with E-state index in [-0.39, 0.29) is 24.8 Å². The predicted molar refractivity (Wildman–Crippen MR) is 83.8 cm³/mol. The maximum absolute atomic E-state index is 4.56. The summed E-state index contributed by atoms with van der Waals surface area (Å²) in [5, 5.41) is 0. The van der Waals surface area contributed by atoms with Crippen LogP contribution in [0.25, 0.3) is 0 Å². The number of allylic oxidation sites excluding steroid dienone is 8. The summed E-state index contributed by atoms with van der Waals surface area (Å²) < 4.78 is 3.38. The third-order valence-corrected chi connectivity index (χ3v) is 7.58. The van der Waals surface area contributed by atoms with E-state index in [2.05, 4.69) is 44.7 Å². The molecule has 0 saturated heterocycles. The zero-order chi connectivity index (χ0) is 11.9. The second-order valence-corrected chi connectivity index (χ2v) is 8.52. The van der Waals surface area contributed by atoms with Gasteiger partial charge in [-0.1, -0.05) is 0 Å². The van der Waals surface area contributed by atoms with E-state index in [9.17, 15) is 0 Å². The first kappa shape index (κ1) is 18.1. The summed E-state index contributed by atoms with van der Waals surface area (Å²) in [5.41, 5.74) is 6.05. The number of hydrogen-bond donors (Lipinski definition) is 0. The Morgan fingerprint density at radius 3 is 1.39 bits per heavy atom. The molecule has 3 heteroatoms. The fourth-order valence-electron chi connectivity index (χ4n) is 2.72. The van der Waals surface area contributed by atoms with Gasteiger partial charge in [0.05, 0.1) is 0 Å². The van der Waals surface area contributed by atoms with E-state index in [1.54, 1.807) is 7.76 Å². The second kappa shape index (κ2) is 7.05. The molecule has 0 aliphatic heterocycles. The van der Waals surface area contributed by atoms with Gasteiger partial charge in [0.2, 0.25) is 0 Å². The van der Waals surface area contributed by atoms with Gasteiger partial charge in [0.25, 0.3) is 0 Å². The van der Waals surface area contributed by atoms with E-state index in [4.69, 9.17) is 0 Å². The van der Waals surface area contributed by atoms with Gasteiger partial charge in [0, 0.05) is 0 Å². The van der Waals surface area contributed by atoms with Gasteiger partial charge in [-0.25, -0.2) is 0 Å². The summed E-state index contributed by atoms with van der Waals surface area (Å²) in [5.74, 6) is 0. The Hall–Kier alpha value is 0.124. The first-order valence-electron chi connectivity index (χ1n) is 5.92. The molecule has 0 amide bonds. The van der Waals surface area contributed by atoms with Crippen LogP contribution in [0.2, 0.25) is 0 Å². The molecule has 0 nitrogen and oxygen atoms in total. The van der Waals surface area contributed by atoms with E-state index in [0.717, 1.165) is 0 Å². The Morgan fingerprint density at radius 1 is 0.833 bits per heavy atom. The Labute approximate surface area is 129 Å². The second-order valence-electron chi connectivity index (χ2n) is 5.14. The van der Waals surface area contributed by atoms with Crippen LogP contribution in [0.15, 0.2) is 42.2 Å². The number of hydrogen-bond acceptors (Lipinski definition) is 0. The molecule has 0 aromatic rings. The molecule has 0 saturated carbocycles. The van der Waals surface area contributed by atoms with E-state index >= 15 is 0 Å². The van der Waals surface area contributed by atoms with Crippen molar-refractivity contribution in [1.29, 1.82) is 0 Å². The molecule has 0 spiro atoms. The van der Waals surface area contributed by atoms with E-state index in [1.807, 2.05) is 0 Å². The maximum atomic E-state index is 4.56. The van der Waals surface area contributed by atoms with Crippen molar-refractivity contribution in [3.8, 4) is 0 Å². The van der Waals surface area contributed by atoms with E-state index in [0.29, 0.717) is 0 Å². The molecule has 18 heavy (non-hydrogen) atoms. The van der Waals surface area contributed by atoms with Crippen molar-refractivity contribution in [2.45, 2.75) is 40.5 Å². The van der Waals surface area contributed by atoms with Crippen LogP contribution in [0.3, 0.4) is 0 Å². The van der Waals surface area contributed by atoms with Crippen LogP contribution in [-0.4, -0.2) is 4.82 Å². The van der Waals surface area contributed by atoms with Gasteiger partial charge in [0.1, 0.15) is 0 Å². The average molecular weight is 321 g/mol. The minimum atomic E-state index is -1.39. The van der Waals surface area contributed by atoms with Crippen molar-refractivity contribution in [2.75, 3.05) is 0 Å². The third-order valence-electron chi connectivity index (χ3n) is 3.52. The zero-order valence-electron chi connectivity index (χ0n) is 11.6. The van der Waals surface area contributed by atoms with Crippen molar-refractivity contribution in [3.63, 3.8) is 0 Å². The molecule has 0 heterocycles. The molecule has 0 unspecified atom stereocenters. The first-order chi connectivity index (χ1) is 7.49. The molecule has 2 aliphatic rings. The fourth-order valence-corrected chi connectivity index (χ4v) is 6.54. The van der Waals surface area contributed by atoms with Crippen molar-refractivity contribution in [1.82, 2.24) is 0 Å². The van der Waals surface area contributed by atoms with Gasteiger partial charge < -0.3 is 0 Å². The Kier molecular flexibility index (Phi) is 7.10. The van der Waals surface area contributed by atoms with Crippen molar-refractivity contribution >= 4 is 29.6 Å². The van der Waals surface area contributed by atoms with Crippen LogP contribution in [0.5, 0.6) is 0 Å². The summed E-state index contributed by atoms with van der Waals surface area (Å²) in [4.78, 5) is 4.56. The minimum absolute atomic E-state index is 0. The molecule has 0 N–H and O–H groups in total. The fraction of sp³-hybridized carbons (Fsp3) is 0.400. The SMILES string of the molecule is Cl.Cl.[CH2]=[Ti]([C]1=C(C)C=C(C)C1)[C]1=C(C)C=C(C)C1. The van der Waals surface area contributed by atoms with Gasteiger partial charge in [-0.2, -0.15) is 0 Å². The molecule has 0 fully saturated rings. The van der Waals surface area contributed by atoms with Crippen LogP contribution in [0, 0.1) is 0 Å². The average Bonchev–Trinajstić information content (AvgIpc) is 2.68. The summed E-state index contributed by atoms with van der Waals surface area (Å²) in [6.07, 6.45) is 7.08. The van der Waals surface area contributed by atoms with Crippen LogP contribution < -0.4 is 0 Å². The molecular weight excluding hydrogens is 299 g/mol.